The second-order valence-electron chi connectivity index (χ2n) is 2.61. The monoisotopic (exact) mass is 202 g/mol. The Bertz CT molecular complexity index is 277. The molecule has 1 atom stereocenters. The molecule has 1 rings (SSSR count). The number of carbonyl (C=O) groups is 3. The third-order valence-corrected chi connectivity index (χ3v) is 1.73. The average Bonchev–Trinajstić information content (AvgIpc) is 2.47. The van der Waals surface area contributed by atoms with Crippen LogP contribution in [0.4, 0.5) is 9.59 Å². The number of nitrogens with zero attached hydrogens (tertiary/aromatic N) is 1. The zero-order valence-corrected chi connectivity index (χ0v) is 7.52. The predicted molar refractivity (Wildman–Crippen MR) is 43.7 cm³/mol. The molecule has 1 aliphatic rings. The summed E-state index contributed by atoms with van der Waals surface area (Å²) in [5, 5.41) is 10.9. The lowest BCUT2D eigenvalue weighted by atomic mass is 10.3. The second-order valence-corrected chi connectivity index (χ2v) is 2.61. The van der Waals surface area contributed by atoms with E-state index in [9.17, 15) is 14.4 Å². The number of nitrogens with one attached hydrogen (secondary N) is 1. The van der Waals surface area contributed by atoms with Crippen LogP contribution in [0, 0.1) is 0 Å². The number of carboxylic acid groups (broad SMARTS) is 1. The summed E-state index contributed by atoms with van der Waals surface area (Å²) in [6.07, 6.45) is -0.935. The molecule has 14 heavy (non-hydrogen) atoms. The maximum absolute atomic E-state index is 11.2. The van der Waals surface area contributed by atoms with Crippen LogP contribution >= 0.6 is 0 Å². The summed E-state index contributed by atoms with van der Waals surface area (Å²) < 4.78 is 4.54. The van der Waals surface area contributed by atoms with E-state index in [1.165, 1.54) is 0 Å². The Morgan fingerprint density at radius 3 is 2.86 bits per heavy atom. The van der Waals surface area contributed by atoms with Gasteiger partial charge in [0.2, 0.25) is 0 Å². The van der Waals surface area contributed by atoms with Crippen molar-refractivity contribution in [3.05, 3.63) is 0 Å². The number of amides is 3. The fourth-order valence-corrected chi connectivity index (χ4v) is 1.10. The van der Waals surface area contributed by atoms with E-state index in [1.807, 2.05) is 0 Å². The van der Waals surface area contributed by atoms with Gasteiger partial charge in [0.05, 0.1) is 13.2 Å². The molecule has 0 spiro atoms. The Kier molecular flexibility index (Phi) is 2.90. The molecule has 7 nitrogen and oxygen atoms in total. The third kappa shape index (κ3) is 1.76. The number of carboxylic acids is 1. The molecule has 1 aliphatic heterocycles. The van der Waals surface area contributed by atoms with Gasteiger partial charge in [-0.3, -0.25) is 0 Å². The van der Waals surface area contributed by atoms with E-state index in [-0.39, 0.29) is 13.2 Å². The Morgan fingerprint density at radius 1 is 1.71 bits per heavy atom. The normalized spacial score (nSPS) is 20.5. The van der Waals surface area contributed by atoms with Crippen LogP contribution in [0.2, 0.25) is 0 Å². The molecule has 0 bridgehead atoms. The lowest BCUT2D eigenvalue weighted by molar-refractivity contribution is -0.140. The summed E-state index contributed by atoms with van der Waals surface area (Å²) in [5.41, 5.74) is 0. The minimum Gasteiger partial charge on any atom is -0.480 e. The summed E-state index contributed by atoms with van der Waals surface area (Å²) in [6, 6.07) is -1.92. The first-order chi connectivity index (χ1) is 6.57. The van der Waals surface area contributed by atoms with Crippen LogP contribution in [-0.4, -0.2) is 47.3 Å². The molecule has 78 valence electrons. The molecule has 0 saturated carbocycles. The summed E-state index contributed by atoms with van der Waals surface area (Å²) >= 11 is 0. The van der Waals surface area contributed by atoms with Crippen molar-refractivity contribution in [2.45, 2.75) is 13.0 Å². The molecule has 3 amide bonds. The van der Waals surface area contributed by atoms with Crippen molar-refractivity contribution in [3.63, 3.8) is 0 Å². The van der Waals surface area contributed by atoms with Gasteiger partial charge in [-0.05, 0) is 6.92 Å². The van der Waals surface area contributed by atoms with Gasteiger partial charge < -0.3 is 15.2 Å². The van der Waals surface area contributed by atoms with Gasteiger partial charge >= 0.3 is 18.1 Å². The number of aliphatic carboxylic acids is 1. The maximum Gasteiger partial charge on any atom is 0.418 e. The van der Waals surface area contributed by atoms with Crippen LogP contribution < -0.4 is 5.32 Å². The van der Waals surface area contributed by atoms with Gasteiger partial charge in [-0.1, -0.05) is 0 Å². The first kappa shape index (κ1) is 10.3. The Morgan fingerprint density at radius 2 is 2.36 bits per heavy atom. The number of hydrogen-bond acceptors (Lipinski definition) is 4. The van der Waals surface area contributed by atoms with Gasteiger partial charge in [0.1, 0.15) is 0 Å². The predicted octanol–water partition coefficient (Wildman–Crippen LogP) is -0.379. The largest absolute Gasteiger partial charge is 0.480 e. The van der Waals surface area contributed by atoms with E-state index in [0.717, 1.165) is 0 Å². The quantitative estimate of drug-likeness (QED) is 0.636. The number of carbonyl (C=O) groups excluding carboxylic acids is 2. The molecule has 0 aliphatic carbocycles. The molecule has 0 aromatic rings. The standard InChI is InChI=1S/C7H10N2O5/c1-2-14-7(13)9-4(5(10)11)3-8-6(9)12/h4H,2-3H2,1H3,(H,8,12)(H,10,11). The van der Waals surface area contributed by atoms with Crippen LogP contribution in [0.1, 0.15) is 6.92 Å². The van der Waals surface area contributed by atoms with Crippen LogP contribution in [-0.2, 0) is 9.53 Å². The molecule has 1 unspecified atom stereocenters. The topological polar surface area (TPSA) is 95.9 Å². The zero-order chi connectivity index (χ0) is 10.7. The minimum absolute atomic E-state index is 0.0903. The lowest BCUT2D eigenvalue weighted by Crippen LogP contribution is -2.44. The van der Waals surface area contributed by atoms with Gasteiger partial charge in [0, 0.05) is 0 Å². The minimum atomic E-state index is -1.24. The number of rotatable bonds is 2. The van der Waals surface area contributed by atoms with E-state index in [2.05, 4.69) is 10.1 Å². The summed E-state index contributed by atoms with van der Waals surface area (Å²) in [7, 11) is 0. The first-order valence-corrected chi connectivity index (χ1v) is 4.04. The van der Waals surface area contributed by atoms with Gasteiger partial charge in [-0.25, -0.2) is 19.3 Å². The number of imide groups is 1. The van der Waals surface area contributed by atoms with Crippen LogP contribution in [0.25, 0.3) is 0 Å². The molecule has 7 heteroatoms. The van der Waals surface area contributed by atoms with Crippen LogP contribution in [0.15, 0.2) is 0 Å². The van der Waals surface area contributed by atoms with E-state index >= 15 is 0 Å². The van der Waals surface area contributed by atoms with E-state index in [0.29, 0.717) is 4.90 Å². The summed E-state index contributed by atoms with van der Waals surface area (Å²) in [6.45, 7) is 1.57. The van der Waals surface area contributed by atoms with E-state index in [1.54, 1.807) is 6.92 Å². The van der Waals surface area contributed by atoms with Crippen molar-refractivity contribution < 1.29 is 24.2 Å². The number of hydrogen-bond donors (Lipinski definition) is 2. The SMILES string of the molecule is CCOC(=O)N1C(=O)NCC1C(=O)O. The van der Waals surface area contributed by atoms with Gasteiger partial charge in [0.15, 0.2) is 6.04 Å². The Balaban J connectivity index is 2.76. The van der Waals surface area contributed by atoms with Gasteiger partial charge in [-0.2, -0.15) is 0 Å². The van der Waals surface area contributed by atoms with Crippen molar-refractivity contribution in [1.82, 2.24) is 10.2 Å². The molecule has 2 N–H and O–H groups in total. The molecular weight excluding hydrogens is 192 g/mol. The maximum atomic E-state index is 11.2. The van der Waals surface area contributed by atoms with Gasteiger partial charge in [0.25, 0.3) is 0 Å². The van der Waals surface area contributed by atoms with Crippen molar-refractivity contribution in [1.29, 1.82) is 0 Å². The fraction of sp³-hybridized carbons (Fsp3) is 0.571. The Hall–Kier alpha value is -1.79. The third-order valence-electron chi connectivity index (χ3n) is 1.73. The first-order valence-electron chi connectivity index (χ1n) is 4.04. The molecule has 1 heterocycles. The second kappa shape index (κ2) is 3.95. The molecule has 0 radical (unpaired) electrons. The molecule has 1 saturated heterocycles. The summed E-state index contributed by atoms with van der Waals surface area (Å²) in [4.78, 5) is 33.4. The number of ether oxygens (including phenoxy) is 1. The summed E-state index contributed by atoms with van der Waals surface area (Å²) in [5.74, 6) is -1.24. The smallest absolute Gasteiger partial charge is 0.418 e. The highest BCUT2D eigenvalue weighted by molar-refractivity contribution is 5.98. The van der Waals surface area contributed by atoms with Crippen LogP contribution in [0.3, 0.4) is 0 Å². The van der Waals surface area contributed by atoms with Gasteiger partial charge in [-0.15, -0.1) is 0 Å². The Labute approximate surface area is 79.6 Å². The van der Waals surface area contributed by atoms with Crippen molar-refractivity contribution in [2.75, 3.05) is 13.2 Å². The molecular formula is C7H10N2O5. The lowest BCUT2D eigenvalue weighted by Gasteiger charge is -2.16. The highest BCUT2D eigenvalue weighted by Crippen LogP contribution is 2.09. The average molecular weight is 202 g/mol. The highest BCUT2D eigenvalue weighted by Gasteiger charge is 2.41. The highest BCUT2D eigenvalue weighted by atomic mass is 16.6. The van der Waals surface area contributed by atoms with E-state index in [4.69, 9.17) is 5.11 Å². The van der Waals surface area contributed by atoms with Crippen molar-refractivity contribution in [2.24, 2.45) is 0 Å². The molecule has 0 aromatic heterocycles. The van der Waals surface area contributed by atoms with E-state index < -0.39 is 24.1 Å². The van der Waals surface area contributed by atoms with Crippen molar-refractivity contribution >= 4 is 18.1 Å². The number of urea groups is 1. The molecule has 0 aromatic carbocycles. The zero-order valence-electron chi connectivity index (χ0n) is 7.52. The van der Waals surface area contributed by atoms with Crippen LogP contribution in [0.5, 0.6) is 0 Å². The van der Waals surface area contributed by atoms with Crippen molar-refractivity contribution in [3.8, 4) is 0 Å². The fourth-order valence-electron chi connectivity index (χ4n) is 1.10. The molecule has 1 fully saturated rings.